The van der Waals surface area contributed by atoms with Crippen LogP contribution in [0.5, 0.6) is 5.75 Å². The van der Waals surface area contributed by atoms with Gasteiger partial charge >= 0.3 is 12.1 Å². The van der Waals surface area contributed by atoms with Crippen LogP contribution in [0.4, 0.5) is 13.2 Å². The molecule has 1 aliphatic heterocycles. The minimum Gasteiger partial charge on any atom is -0.491 e. The SMILES string of the molecule is CCc1cccc2c1C[C@@H](NC(=O)C(F)(F)F)CO2. The number of ether oxygens (including phenoxy) is 1. The molecule has 1 aliphatic rings. The van der Waals surface area contributed by atoms with E-state index in [1.54, 1.807) is 6.07 Å². The molecule has 1 N–H and O–H groups in total. The highest BCUT2D eigenvalue weighted by Crippen LogP contribution is 2.28. The van der Waals surface area contributed by atoms with Gasteiger partial charge in [0, 0.05) is 0 Å². The molecule has 0 saturated heterocycles. The van der Waals surface area contributed by atoms with E-state index in [1.807, 2.05) is 24.4 Å². The van der Waals surface area contributed by atoms with E-state index < -0.39 is 18.1 Å². The second-order valence-corrected chi connectivity index (χ2v) is 4.43. The van der Waals surface area contributed by atoms with Crippen LogP contribution in [0, 0.1) is 0 Å². The first kappa shape index (κ1) is 13.7. The summed E-state index contributed by atoms with van der Waals surface area (Å²) in [6.07, 6.45) is -3.72. The smallest absolute Gasteiger partial charge is 0.471 e. The molecule has 19 heavy (non-hydrogen) atoms. The molecule has 0 fully saturated rings. The molecule has 6 heteroatoms. The quantitative estimate of drug-likeness (QED) is 0.897. The number of hydrogen-bond donors (Lipinski definition) is 1. The van der Waals surface area contributed by atoms with Crippen LogP contribution in [-0.2, 0) is 17.6 Å². The number of carbonyl (C=O) groups is 1. The number of amides is 1. The molecule has 104 valence electrons. The van der Waals surface area contributed by atoms with E-state index in [4.69, 9.17) is 4.74 Å². The van der Waals surface area contributed by atoms with Gasteiger partial charge in [-0.15, -0.1) is 0 Å². The highest BCUT2D eigenvalue weighted by atomic mass is 19.4. The summed E-state index contributed by atoms with van der Waals surface area (Å²) in [5, 5.41) is 1.96. The third kappa shape index (κ3) is 3.00. The maximum Gasteiger partial charge on any atom is 0.471 e. The zero-order valence-electron chi connectivity index (χ0n) is 10.4. The third-order valence-corrected chi connectivity index (χ3v) is 3.09. The van der Waals surface area contributed by atoms with Gasteiger partial charge in [0.15, 0.2) is 0 Å². The predicted molar refractivity (Wildman–Crippen MR) is 63.0 cm³/mol. The second kappa shape index (κ2) is 5.11. The largest absolute Gasteiger partial charge is 0.491 e. The number of benzene rings is 1. The van der Waals surface area contributed by atoms with Gasteiger partial charge in [-0.2, -0.15) is 13.2 Å². The van der Waals surface area contributed by atoms with Crippen LogP contribution >= 0.6 is 0 Å². The number of rotatable bonds is 2. The van der Waals surface area contributed by atoms with Crippen molar-refractivity contribution < 1.29 is 22.7 Å². The Labute approximate surface area is 108 Å². The van der Waals surface area contributed by atoms with Crippen molar-refractivity contribution in [3.05, 3.63) is 29.3 Å². The van der Waals surface area contributed by atoms with Crippen LogP contribution in [0.3, 0.4) is 0 Å². The molecule has 0 unspecified atom stereocenters. The van der Waals surface area contributed by atoms with Crippen LogP contribution < -0.4 is 10.1 Å². The van der Waals surface area contributed by atoms with E-state index in [2.05, 4.69) is 0 Å². The van der Waals surface area contributed by atoms with Crippen LogP contribution in [0.15, 0.2) is 18.2 Å². The molecule has 1 aromatic carbocycles. The van der Waals surface area contributed by atoms with Crippen molar-refractivity contribution in [2.24, 2.45) is 0 Å². The topological polar surface area (TPSA) is 38.3 Å². The van der Waals surface area contributed by atoms with Crippen LogP contribution in [0.1, 0.15) is 18.1 Å². The Morgan fingerprint density at radius 2 is 2.21 bits per heavy atom. The van der Waals surface area contributed by atoms with E-state index in [0.717, 1.165) is 17.5 Å². The summed E-state index contributed by atoms with van der Waals surface area (Å²) < 4.78 is 42.0. The molecule has 0 bridgehead atoms. The first-order valence-corrected chi connectivity index (χ1v) is 6.03. The fraction of sp³-hybridized carbons (Fsp3) is 0.462. The van der Waals surface area contributed by atoms with Gasteiger partial charge in [0.2, 0.25) is 0 Å². The molecule has 0 radical (unpaired) electrons. The average Bonchev–Trinajstić information content (AvgIpc) is 2.36. The summed E-state index contributed by atoms with van der Waals surface area (Å²) in [7, 11) is 0. The van der Waals surface area contributed by atoms with E-state index >= 15 is 0 Å². The Kier molecular flexibility index (Phi) is 3.68. The summed E-state index contributed by atoms with van der Waals surface area (Å²) in [5.74, 6) is -1.23. The summed E-state index contributed by atoms with van der Waals surface area (Å²) in [6, 6.07) is 4.91. The molecule has 1 atom stereocenters. The van der Waals surface area contributed by atoms with Gasteiger partial charge < -0.3 is 10.1 Å². The van der Waals surface area contributed by atoms with Gasteiger partial charge in [0.05, 0.1) is 6.04 Å². The van der Waals surface area contributed by atoms with Gasteiger partial charge in [-0.25, -0.2) is 0 Å². The zero-order chi connectivity index (χ0) is 14.0. The first-order chi connectivity index (χ1) is 8.91. The molecule has 0 aromatic heterocycles. The van der Waals surface area contributed by atoms with Crippen molar-refractivity contribution in [2.75, 3.05) is 6.61 Å². The number of nitrogens with one attached hydrogen (secondary N) is 1. The molecule has 0 saturated carbocycles. The Morgan fingerprint density at radius 1 is 1.47 bits per heavy atom. The molecule has 1 amide bonds. The van der Waals surface area contributed by atoms with Crippen molar-refractivity contribution in [1.29, 1.82) is 0 Å². The Balaban J connectivity index is 2.12. The number of carbonyl (C=O) groups excluding carboxylic acids is 1. The lowest BCUT2D eigenvalue weighted by Crippen LogP contribution is -2.48. The Hall–Kier alpha value is -1.72. The predicted octanol–water partition coefficient (Wildman–Crippen LogP) is 2.23. The molecule has 0 spiro atoms. The minimum atomic E-state index is -4.86. The number of alkyl halides is 3. The molecular weight excluding hydrogens is 259 g/mol. The van der Waals surface area contributed by atoms with Crippen molar-refractivity contribution in [3.63, 3.8) is 0 Å². The third-order valence-electron chi connectivity index (χ3n) is 3.09. The minimum absolute atomic E-state index is 0.0575. The maximum absolute atomic E-state index is 12.2. The zero-order valence-corrected chi connectivity index (χ0v) is 10.4. The monoisotopic (exact) mass is 273 g/mol. The Morgan fingerprint density at radius 3 is 2.84 bits per heavy atom. The van der Waals surface area contributed by atoms with E-state index in [0.29, 0.717) is 12.2 Å². The van der Waals surface area contributed by atoms with Crippen LogP contribution in [0.25, 0.3) is 0 Å². The standard InChI is InChI=1S/C13H14F3NO2/c1-2-8-4-3-5-11-10(8)6-9(7-19-11)17-12(18)13(14,15)16/h3-5,9H,2,6-7H2,1H3,(H,17,18)/t9-/m1/s1. The number of aryl methyl sites for hydroxylation is 1. The molecule has 1 heterocycles. The van der Waals surface area contributed by atoms with E-state index in [1.165, 1.54) is 0 Å². The molecule has 2 rings (SSSR count). The average molecular weight is 273 g/mol. The lowest BCUT2D eigenvalue weighted by Gasteiger charge is -2.27. The molecule has 3 nitrogen and oxygen atoms in total. The van der Waals surface area contributed by atoms with E-state index in [9.17, 15) is 18.0 Å². The van der Waals surface area contributed by atoms with Crippen LogP contribution in [-0.4, -0.2) is 24.7 Å². The highest BCUT2D eigenvalue weighted by molar-refractivity contribution is 5.82. The molecular formula is C13H14F3NO2. The number of halogens is 3. The summed E-state index contributed by atoms with van der Waals surface area (Å²) in [4.78, 5) is 10.9. The van der Waals surface area contributed by atoms with Crippen molar-refractivity contribution >= 4 is 5.91 Å². The van der Waals surface area contributed by atoms with Gasteiger partial charge in [-0.3, -0.25) is 4.79 Å². The normalized spacial score (nSPS) is 18.4. The van der Waals surface area contributed by atoms with E-state index in [-0.39, 0.29) is 6.61 Å². The molecule has 0 aliphatic carbocycles. The highest BCUT2D eigenvalue weighted by Gasteiger charge is 2.40. The first-order valence-electron chi connectivity index (χ1n) is 6.03. The summed E-state index contributed by atoms with van der Waals surface area (Å²) in [6.45, 7) is 2.02. The number of hydrogen-bond acceptors (Lipinski definition) is 2. The maximum atomic E-state index is 12.2. The number of fused-ring (bicyclic) bond motifs is 1. The van der Waals surface area contributed by atoms with Crippen LogP contribution in [0.2, 0.25) is 0 Å². The lowest BCUT2D eigenvalue weighted by molar-refractivity contribution is -0.174. The lowest BCUT2D eigenvalue weighted by atomic mass is 9.96. The second-order valence-electron chi connectivity index (χ2n) is 4.43. The van der Waals surface area contributed by atoms with Gasteiger partial charge in [-0.1, -0.05) is 19.1 Å². The van der Waals surface area contributed by atoms with Gasteiger partial charge in [0.1, 0.15) is 12.4 Å². The fourth-order valence-electron chi connectivity index (χ4n) is 2.16. The molecule has 1 aromatic rings. The van der Waals surface area contributed by atoms with Crippen molar-refractivity contribution in [2.45, 2.75) is 32.0 Å². The summed E-state index contributed by atoms with van der Waals surface area (Å²) in [5.41, 5.74) is 1.91. The van der Waals surface area contributed by atoms with Crippen molar-refractivity contribution in [3.8, 4) is 5.75 Å². The fourth-order valence-corrected chi connectivity index (χ4v) is 2.16. The van der Waals surface area contributed by atoms with Gasteiger partial charge in [-0.05, 0) is 30.0 Å². The Bertz CT molecular complexity index is 471. The van der Waals surface area contributed by atoms with Crippen molar-refractivity contribution in [1.82, 2.24) is 5.32 Å². The van der Waals surface area contributed by atoms with Gasteiger partial charge in [0.25, 0.3) is 0 Å². The summed E-state index contributed by atoms with van der Waals surface area (Å²) >= 11 is 0.